The number of carbonyl (C=O) groups excluding carboxylic acids is 2. The van der Waals surface area contributed by atoms with Crippen LogP contribution in [0.15, 0.2) is 102 Å². The lowest BCUT2D eigenvalue weighted by Crippen LogP contribution is -2.42. The normalized spacial score (nSPS) is 14.7. The third-order valence-electron chi connectivity index (χ3n) is 7.44. The van der Waals surface area contributed by atoms with Gasteiger partial charge in [-0.3, -0.25) is 19.6 Å². The van der Waals surface area contributed by atoms with E-state index in [9.17, 15) is 18.4 Å². The van der Waals surface area contributed by atoms with E-state index >= 15 is 0 Å². The summed E-state index contributed by atoms with van der Waals surface area (Å²) in [6.45, 7) is 0.289. The minimum absolute atomic E-state index is 0.0444. The smallest absolute Gasteiger partial charge is 0.253 e. The fourth-order valence-electron chi connectivity index (χ4n) is 5.10. The molecule has 7 nitrogen and oxygen atoms in total. The van der Waals surface area contributed by atoms with Crippen LogP contribution in [0.2, 0.25) is 0 Å². The number of piperidine rings is 1. The van der Waals surface area contributed by atoms with Gasteiger partial charge in [-0.25, -0.2) is 8.78 Å². The second kappa shape index (κ2) is 12.0. The molecule has 2 aromatic carbocycles. The lowest BCUT2D eigenvalue weighted by molar-refractivity contribution is -0.116. The molecule has 1 aliphatic heterocycles. The molecule has 5 aromatic rings. The Bertz CT molecular complexity index is 1780. The molecule has 0 radical (unpaired) electrons. The van der Waals surface area contributed by atoms with Crippen LogP contribution < -0.4 is 5.32 Å². The number of likely N-dealkylation sites (tertiary alicyclic amines) is 1. The van der Waals surface area contributed by atoms with Crippen LogP contribution in [0.1, 0.15) is 34.5 Å². The van der Waals surface area contributed by atoms with Crippen LogP contribution in [0.4, 0.5) is 8.78 Å². The molecule has 0 unspecified atom stereocenters. The van der Waals surface area contributed by atoms with Crippen molar-refractivity contribution in [2.75, 3.05) is 13.1 Å². The van der Waals surface area contributed by atoms with Gasteiger partial charge in [0.05, 0.1) is 6.54 Å². The van der Waals surface area contributed by atoms with Crippen molar-refractivity contribution < 1.29 is 22.8 Å². The predicted molar refractivity (Wildman–Crippen MR) is 160 cm³/mol. The van der Waals surface area contributed by atoms with Crippen LogP contribution in [-0.4, -0.2) is 45.7 Å². The van der Waals surface area contributed by atoms with E-state index in [4.69, 9.17) is 4.42 Å². The molecule has 0 spiro atoms. The van der Waals surface area contributed by atoms with Gasteiger partial charge < -0.3 is 14.6 Å². The maximum Gasteiger partial charge on any atom is 0.253 e. The maximum absolute atomic E-state index is 13.5. The predicted octanol–water partition coefficient (Wildman–Crippen LogP) is 6.76. The molecule has 0 bridgehead atoms. The summed E-state index contributed by atoms with van der Waals surface area (Å²) in [6.07, 6.45) is 9.32. The highest BCUT2D eigenvalue weighted by molar-refractivity contribution is 5.98. The van der Waals surface area contributed by atoms with E-state index in [0.29, 0.717) is 16.9 Å². The monoisotopic (exact) mass is 578 g/mol. The summed E-state index contributed by atoms with van der Waals surface area (Å²) in [4.78, 5) is 35.1. The first-order chi connectivity index (χ1) is 20.8. The summed E-state index contributed by atoms with van der Waals surface area (Å²) in [5.74, 6) is -2.62. The number of pyridine rings is 2. The number of halogens is 2. The molecule has 6 rings (SSSR count). The number of amides is 2. The zero-order chi connectivity index (χ0) is 29.8. The van der Waals surface area contributed by atoms with Crippen molar-refractivity contribution in [3.8, 4) is 22.3 Å². The Hall–Kier alpha value is -5.18. The van der Waals surface area contributed by atoms with Gasteiger partial charge >= 0.3 is 0 Å². The van der Waals surface area contributed by atoms with Gasteiger partial charge in [0.2, 0.25) is 5.91 Å². The number of alkyl halides is 2. The SMILES string of the molecule is O=C(C=Cc1cccnc1)NCc1cc2cc(-c3ccc(C(=O)N4CCC(F)(F)CC4)cc3)cc(-c3cccnc3)c2o1. The highest BCUT2D eigenvalue weighted by Gasteiger charge is 2.35. The maximum atomic E-state index is 13.5. The molecule has 216 valence electrons. The Balaban J connectivity index is 1.24. The Kier molecular flexibility index (Phi) is 7.79. The molecule has 1 N–H and O–H groups in total. The first-order valence-corrected chi connectivity index (χ1v) is 13.9. The number of nitrogens with zero attached hydrogens (tertiary/aromatic N) is 3. The summed E-state index contributed by atoms with van der Waals surface area (Å²) < 4.78 is 33.3. The summed E-state index contributed by atoms with van der Waals surface area (Å²) in [5, 5.41) is 3.70. The molecular formula is C34H28F2N4O3. The van der Waals surface area contributed by atoms with Gasteiger partial charge in [0.25, 0.3) is 11.8 Å². The molecule has 9 heteroatoms. The van der Waals surface area contributed by atoms with E-state index in [1.807, 2.05) is 48.5 Å². The Morgan fingerprint density at radius 3 is 2.35 bits per heavy atom. The van der Waals surface area contributed by atoms with Gasteiger partial charge in [-0.05, 0) is 65.2 Å². The number of carbonyl (C=O) groups is 2. The van der Waals surface area contributed by atoms with E-state index in [1.54, 1.807) is 49.1 Å². The highest BCUT2D eigenvalue weighted by atomic mass is 19.3. The van der Waals surface area contributed by atoms with Crippen LogP contribution in [0.3, 0.4) is 0 Å². The molecule has 2 amide bonds. The molecule has 4 heterocycles. The fraction of sp³-hybridized carbons (Fsp3) is 0.176. The van der Waals surface area contributed by atoms with Crippen LogP contribution in [0.5, 0.6) is 0 Å². The summed E-state index contributed by atoms with van der Waals surface area (Å²) in [5.41, 5.74) is 5.44. The number of furan rings is 1. The number of fused-ring (bicyclic) bond motifs is 1. The highest BCUT2D eigenvalue weighted by Crippen LogP contribution is 2.36. The van der Waals surface area contributed by atoms with E-state index in [-0.39, 0.29) is 44.3 Å². The topological polar surface area (TPSA) is 88.3 Å². The van der Waals surface area contributed by atoms with Crippen LogP contribution in [0, 0.1) is 0 Å². The molecule has 43 heavy (non-hydrogen) atoms. The minimum Gasteiger partial charge on any atom is -0.459 e. The first kappa shape index (κ1) is 28.0. The zero-order valence-corrected chi connectivity index (χ0v) is 23.2. The lowest BCUT2D eigenvalue weighted by Gasteiger charge is -2.31. The van der Waals surface area contributed by atoms with E-state index < -0.39 is 5.92 Å². The minimum atomic E-state index is -2.71. The van der Waals surface area contributed by atoms with Crippen LogP contribution >= 0.6 is 0 Å². The second-order valence-corrected chi connectivity index (χ2v) is 10.5. The number of hydrogen-bond acceptors (Lipinski definition) is 5. The van der Waals surface area contributed by atoms with Crippen molar-refractivity contribution in [1.29, 1.82) is 0 Å². The van der Waals surface area contributed by atoms with Gasteiger partial charge in [0.15, 0.2) is 0 Å². The Morgan fingerprint density at radius 1 is 0.907 bits per heavy atom. The van der Waals surface area contributed by atoms with Crippen LogP contribution in [0.25, 0.3) is 39.3 Å². The molecule has 3 aromatic heterocycles. The second-order valence-electron chi connectivity index (χ2n) is 10.5. The molecular weight excluding hydrogens is 550 g/mol. The number of nitrogens with one attached hydrogen (secondary N) is 1. The fourth-order valence-corrected chi connectivity index (χ4v) is 5.10. The largest absolute Gasteiger partial charge is 0.459 e. The van der Waals surface area contributed by atoms with Gasteiger partial charge in [0, 0.05) is 78.9 Å². The van der Waals surface area contributed by atoms with Gasteiger partial charge in [-0.1, -0.05) is 24.3 Å². The molecule has 0 saturated carbocycles. The number of hydrogen-bond donors (Lipinski definition) is 1. The van der Waals surface area contributed by atoms with E-state index in [0.717, 1.165) is 33.2 Å². The van der Waals surface area contributed by atoms with Crippen LogP contribution in [-0.2, 0) is 11.3 Å². The number of rotatable bonds is 7. The third kappa shape index (κ3) is 6.51. The van der Waals surface area contributed by atoms with Crippen molar-refractivity contribution in [1.82, 2.24) is 20.2 Å². The quantitative estimate of drug-likeness (QED) is 0.216. The van der Waals surface area contributed by atoms with Gasteiger partial charge in [0.1, 0.15) is 11.3 Å². The number of benzene rings is 2. The molecule has 0 atom stereocenters. The first-order valence-electron chi connectivity index (χ1n) is 13.9. The van der Waals surface area contributed by atoms with E-state index in [2.05, 4.69) is 15.3 Å². The van der Waals surface area contributed by atoms with Crippen molar-refractivity contribution in [2.24, 2.45) is 0 Å². The van der Waals surface area contributed by atoms with Crippen molar-refractivity contribution >= 4 is 28.9 Å². The lowest BCUT2D eigenvalue weighted by atomic mass is 9.96. The number of aromatic nitrogens is 2. The molecule has 0 aliphatic carbocycles. The molecule has 1 aliphatic rings. The van der Waals surface area contributed by atoms with Crippen molar-refractivity contribution in [3.63, 3.8) is 0 Å². The van der Waals surface area contributed by atoms with Crippen molar-refractivity contribution in [3.05, 3.63) is 114 Å². The standard InChI is InChI=1S/C34H28F2N4O3/c35-34(36)11-15-40(16-12-34)33(42)25-8-6-24(7-9-25)27-17-28-18-29(22-39-31(41)10-5-23-3-1-13-37-20-23)43-32(28)30(19-27)26-4-2-14-38-21-26/h1-10,13-14,17-21H,11-12,15-16,22H2,(H,39,41). The average molecular weight is 579 g/mol. The third-order valence-corrected chi connectivity index (χ3v) is 7.44. The Morgan fingerprint density at radius 2 is 1.65 bits per heavy atom. The van der Waals surface area contributed by atoms with E-state index in [1.165, 1.54) is 11.0 Å². The zero-order valence-electron chi connectivity index (χ0n) is 23.2. The molecule has 1 saturated heterocycles. The average Bonchev–Trinajstić information content (AvgIpc) is 3.46. The van der Waals surface area contributed by atoms with Crippen molar-refractivity contribution in [2.45, 2.75) is 25.3 Å². The summed E-state index contributed by atoms with van der Waals surface area (Å²) in [7, 11) is 0. The van der Waals surface area contributed by atoms with Gasteiger partial charge in [-0.15, -0.1) is 0 Å². The molecule has 1 fully saturated rings. The summed E-state index contributed by atoms with van der Waals surface area (Å²) in [6, 6.07) is 20.5. The van der Waals surface area contributed by atoms with Gasteiger partial charge in [-0.2, -0.15) is 0 Å². The summed E-state index contributed by atoms with van der Waals surface area (Å²) >= 11 is 0. The Labute approximate surface area is 246 Å².